The first-order chi connectivity index (χ1) is 7.25. The third-order valence-electron chi connectivity index (χ3n) is 3.54. The average molecular weight is 204 g/mol. The van der Waals surface area contributed by atoms with Gasteiger partial charge >= 0.3 is 0 Å². The SMILES string of the molecule is CN1C[C@@H](O)[C@H]2Nc3ccccc3[C@H]2C1. The fraction of sp³-hybridized carbons (Fsp3) is 0.500. The molecule has 80 valence electrons. The van der Waals surface area contributed by atoms with Gasteiger partial charge in [-0.05, 0) is 18.7 Å². The molecule has 3 heteroatoms. The highest BCUT2D eigenvalue weighted by atomic mass is 16.3. The van der Waals surface area contributed by atoms with Crippen LogP contribution in [0.2, 0.25) is 0 Å². The Hall–Kier alpha value is -1.06. The Labute approximate surface area is 89.7 Å². The van der Waals surface area contributed by atoms with Crippen LogP contribution in [0, 0.1) is 0 Å². The molecule has 1 saturated heterocycles. The summed E-state index contributed by atoms with van der Waals surface area (Å²) < 4.78 is 0. The molecule has 0 bridgehead atoms. The minimum atomic E-state index is -0.263. The maximum absolute atomic E-state index is 10.0. The van der Waals surface area contributed by atoms with E-state index in [0.29, 0.717) is 5.92 Å². The largest absolute Gasteiger partial charge is 0.390 e. The highest BCUT2D eigenvalue weighted by molar-refractivity contribution is 5.60. The molecule has 3 nitrogen and oxygen atoms in total. The van der Waals surface area contributed by atoms with E-state index in [9.17, 15) is 5.11 Å². The van der Waals surface area contributed by atoms with E-state index in [-0.39, 0.29) is 12.1 Å². The van der Waals surface area contributed by atoms with Gasteiger partial charge in [0.25, 0.3) is 0 Å². The first-order valence-corrected chi connectivity index (χ1v) is 5.48. The van der Waals surface area contributed by atoms with E-state index in [1.54, 1.807) is 0 Å². The number of β-amino-alcohol motifs (C(OH)–C–C–N with tert-alkyl or cyclic N) is 1. The van der Waals surface area contributed by atoms with Crippen LogP contribution in [-0.2, 0) is 0 Å². The van der Waals surface area contributed by atoms with Crippen molar-refractivity contribution in [2.45, 2.75) is 18.1 Å². The summed E-state index contributed by atoms with van der Waals surface area (Å²) in [7, 11) is 2.07. The number of likely N-dealkylation sites (tertiary alicyclic amines) is 1. The molecule has 0 spiro atoms. The zero-order chi connectivity index (χ0) is 10.4. The quantitative estimate of drug-likeness (QED) is 0.658. The van der Waals surface area contributed by atoms with Gasteiger partial charge in [-0.1, -0.05) is 18.2 Å². The van der Waals surface area contributed by atoms with Crippen molar-refractivity contribution in [1.82, 2.24) is 4.90 Å². The normalized spacial score (nSPS) is 34.4. The summed E-state index contributed by atoms with van der Waals surface area (Å²) in [6.45, 7) is 1.80. The second kappa shape index (κ2) is 3.22. The molecule has 0 unspecified atom stereocenters. The van der Waals surface area contributed by atoms with E-state index in [4.69, 9.17) is 0 Å². The van der Waals surface area contributed by atoms with Crippen LogP contribution in [0.4, 0.5) is 5.69 Å². The average Bonchev–Trinajstić information content (AvgIpc) is 2.57. The van der Waals surface area contributed by atoms with Gasteiger partial charge in [0.05, 0.1) is 12.1 Å². The lowest BCUT2D eigenvalue weighted by atomic mass is 9.88. The summed E-state index contributed by atoms with van der Waals surface area (Å²) in [5, 5.41) is 13.4. The molecule has 0 amide bonds. The minimum Gasteiger partial charge on any atom is -0.390 e. The number of rotatable bonds is 0. The molecule has 2 aliphatic rings. The summed E-state index contributed by atoms with van der Waals surface area (Å²) in [5.41, 5.74) is 2.55. The Balaban J connectivity index is 1.98. The fourth-order valence-electron chi connectivity index (χ4n) is 2.84. The molecule has 2 aliphatic heterocycles. The van der Waals surface area contributed by atoms with Gasteiger partial charge in [0.1, 0.15) is 0 Å². The molecular weight excluding hydrogens is 188 g/mol. The number of para-hydroxylation sites is 1. The van der Waals surface area contributed by atoms with Gasteiger partial charge in [-0.25, -0.2) is 0 Å². The van der Waals surface area contributed by atoms with Crippen LogP contribution >= 0.6 is 0 Å². The smallest absolute Gasteiger partial charge is 0.0874 e. The van der Waals surface area contributed by atoms with Crippen LogP contribution in [0.5, 0.6) is 0 Å². The van der Waals surface area contributed by atoms with E-state index < -0.39 is 0 Å². The number of aliphatic hydroxyl groups is 1. The molecule has 0 radical (unpaired) electrons. The number of hydrogen-bond donors (Lipinski definition) is 2. The zero-order valence-electron chi connectivity index (χ0n) is 8.85. The minimum absolute atomic E-state index is 0.207. The molecule has 0 aliphatic carbocycles. The number of likely N-dealkylation sites (N-methyl/N-ethyl adjacent to an activating group) is 1. The number of hydrogen-bond acceptors (Lipinski definition) is 3. The van der Waals surface area contributed by atoms with Crippen LogP contribution in [0.1, 0.15) is 11.5 Å². The van der Waals surface area contributed by atoms with Crippen molar-refractivity contribution in [1.29, 1.82) is 0 Å². The Bertz CT molecular complexity index is 380. The van der Waals surface area contributed by atoms with Crippen molar-refractivity contribution in [2.75, 3.05) is 25.5 Å². The van der Waals surface area contributed by atoms with Crippen LogP contribution in [0.15, 0.2) is 24.3 Å². The Morgan fingerprint density at radius 3 is 3.00 bits per heavy atom. The number of nitrogens with one attached hydrogen (secondary N) is 1. The summed E-state index contributed by atoms with van der Waals surface area (Å²) >= 11 is 0. The molecule has 3 rings (SSSR count). The van der Waals surface area contributed by atoms with Crippen molar-refractivity contribution in [3.8, 4) is 0 Å². The lowest BCUT2D eigenvalue weighted by Gasteiger charge is -2.36. The first kappa shape index (κ1) is 9.19. The summed E-state index contributed by atoms with van der Waals surface area (Å²) in [4.78, 5) is 2.20. The number of fused-ring (bicyclic) bond motifs is 3. The Kier molecular flexibility index (Phi) is 1.97. The lowest BCUT2D eigenvalue weighted by Crippen LogP contribution is -2.50. The summed E-state index contributed by atoms with van der Waals surface area (Å²) in [6, 6.07) is 8.58. The maximum atomic E-state index is 10.0. The number of aliphatic hydroxyl groups excluding tert-OH is 1. The Morgan fingerprint density at radius 1 is 1.33 bits per heavy atom. The molecule has 15 heavy (non-hydrogen) atoms. The molecule has 1 fully saturated rings. The number of nitrogens with zero attached hydrogens (tertiary/aromatic N) is 1. The number of anilines is 1. The molecule has 0 saturated carbocycles. The molecule has 1 aromatic carbocycles. The fourth-order valence-corrected chi connectivity index (χ4v) is 2.84. The van der Waals surface area contributed by atoms with Gasteiger partial charge < -0.3 is 15.3 Å². The van der Waals surface area contributed by atoms with Gasteiger partial charge in [0.15, 0.2) is 0 Å². The monoisotopic (exact) mass is 204 g/mol. The summed E-state index contributed by atoms with van der Waals surface area (Å²) in [5.74, 6) is 0.440. The molecule has 2 heterocycles. The first-order valence-electron chi connectivity index (χ1n) is 5.48. The van der Waals surface area contributed by atoms with Crippen molar-refractivity contribution < 1.29 is 5.11 Å². The van der Waals surface area contributed by atoms with E-state index in [1.807, 2.05) is 6.07 Å². The number of benzene rings is 1. The molecular formula is C12H16N2O. The van der Waals surface area contributed by atoms with Crippen molar-refractivity contribution in [2.24, 2.45) is 0 Å². The zero-order valence-corrected chi connectivity index (χ0v) is 8.85. The molecule has 0 aromatic heterocycles. The van der Waals surface area contributed by atoms with Crippen molar-refractivity contribution in [3.05, 3.63) is 29.8 Å². The van der Waals surface area contributed by atoms with Gasteiger partial charge in [-0.15, -0.1) is 0 Å². The second-order valence-electron chi connectivity index (χ2n) is 4.65. The number of piperidine rings is 1. The van der Waals surface area contributed by atoms with Crippen LogP contribution < -0.4 is 5.32 Å². The lowest BCUT2D eigenvalue weighted by molar-refractivity contribution is 0.0641. The second-order valence-corrected chi connectivity index (χ2v) is 4.65. The van der Waals surface area contributed by atoms with Gasteiger partial charge in [-0.3, -0.25) is 0 Å². The Morgan fingerprint density at radius 2 is 2.13 bits per heavy atom. The van der Waals surface area contributed by atoms with E-state index >= 15 is 0 Å². The topological polar surface area (TPSA) is 35.5 Å². The van der Waals surface area contributed by atoms with E-state index in [0.717, 1.165) is 13.1 Å². The predicted molar refractivity (Wildman–Crippen MR) is 60.1 cm³/mol. The molecule has 3 atom stereocenters. The van der Waals surface area contributed by atoms with Crippen LogP contribution in [0.3, 0.4) is 0 Å². The highest BCUT2D eigenvalue weighted by Gasteiger charge is 2.40. The standard InChI is InChI=1S/C12H16N2O/c1-14-6-9-8-4-2-3-5-10(8)13-12(9)11(15)7-14/h2-5,9,11-13,15H,6-7H2,1H3/t9-,11-,12+/m1/s1. The van der Waals surface area contributed by atoms with Crippen LogP contribution in [-0.4, -0.2) is 42.3 Å². The van der Waals surface area contributed by atoms with Gasteiger partial charge in [-0.2, -0.15) is 0 Å². The summed E-state index contributed by atoms with van der Waals surface area (Å²) in [6.07, 6.45) is -0.263. The van der Waals surface area contributed by atoms with Gasteiger partial charge in [0.2, 0.25) is 0 Å². The van der Waals surface area contributed by atoms with E-state index in [1.165, 1.54) is 11.3 Å². The third-order valence-corrected chi connectivity index (χ3v) is 3.54. The van der Waals surface area contributed by atoms with E-state index in [2.05, 4.69) is 35.5 Å². The highest BCUT2D eigenvalue weighted by Crippen LogP contribution is 2.39. The van der Waals surface area contributed by atoms with Gasteiger partial charge in [0, 0.05) is 24.7 Å². The maximum Gasteiger partial charge on any atom is 0.0874 e. The molecule has 1 aromatic rings. The van der Waals surface area contributed by atoms with Crippen molar-refractivity contribution >= 4 is 5.69 Å². The molecule has 2 N–H and O–H groups in total. The van der Waals surface area contributed by atoms with Crippen molar-refractivity contribution in [3.63, 3.8) is 0 Å². The predicted octanol–water partition coefficient (Wildman–Crippen LogP) is 0.871. The van der Waals surface area contributed by atoms with Crippen LogP contribution in [0.25, 0.3) is 0 Å². The third kappa shape index (κ3) is 1.34.